The molecule has 5 nitrogen and oxygen atoms in total. The molecular weight excluding hydrogens is 254 g/mol. The summed E-state index contributed by atoms with van der Waals surface area (Å²) in [6, 6.07) is 7.62. The molecule has 0 heterocycles. The van der Waals surface area contributed by atoms with Crippen molar-refractivity contribution in [3.05, 3.63) is 35.4 Å². The molecule has 0 spiro atoms. The first-order valence-electron chi connectivity index (χ1n) is 6.74. The third kappa shape index (κ3) is 4.35. The van der Waals surface area contributed by atoms with Crippen LogP contribution in [0.1, 0.15) is 18.1 Å². The third-order valence-electron chi connectivity index (χ3n) is 3.24. The largest absolute Gasteiger partial charge is 0.347 e. The van der Waals surface area contributed by atoms with Crippen molar-refractivity contribution in [2.24, 2.45) is 5.73 Å². The number of likely N-dealkylation sites (N-methyl/N-ethyl adjacent to an activating group) is 2. The summed E-state index contributed by atoms with van der Waals surface area (Å²) >= 11 is 0. The minimum Gasteiger partial charge on any atom is -0.347 e. The predicted octanol–water partition coefficient (Wildman–Crippen LogP) is 0.625. The summed E-state index contributed by atoms with van der Waals surface area (Å²) in [6.07, 6.45) is 0.280. The molecule has 2 amide bonds. The van der Waals surface area contributed by atoms with E-state index in [9.17, 15) is 9.59 Å². The quantitative estimate of drug-likeness (QED) is 0.829. The molecule has 0 aliphatic heterocycles. The summed E-state index contributed by atoms with van der Waals surface area (Å²) in [6.45, 7) is 2.91. The van der Waals surface area contributed by atoms with Crippen molar-refractivity contribution in [3.63, 3.8) is 0 Å². The van der Waals surface area contributed by atoms with Gasteiger partial charge in [0.2, 0.25) is 11.8 Å². The second-order valence-corrected chi connectivity index (χ2v) is 4.85. The summed E-state index contributed by atoms with van der Waals surface area (Å²) in [7, 11) is 3.37. The zero-order chi connectivity index (χ0) is 15.1. The van der Waals surface area contributed by atoms with Crippen LogP contribution in [-0.2, 0) is 22.6 Å². The lowest BCUT2D eigenvalue weighted by Crippen LogP contribution is -2.40. The summed E-state index contributed by atoms with van der Waals surface area (Å²) in [5.74, 6) is -0.129. The molecule has 0 radical (unpaired) electrons. The van der Waals surface area contributed by atoms with Gasteiger partial charge in [0.15, 0.2) is 0 Å². The molecule has 0 aliphatic rings. The zero-order valence-corrected chi connectivity index (χ0v) is 12.4. The van der Waals surface area contributed by atoms with Crippen LogP contribution in [-0.4, -0.2) is 48.8 Å². The fraction of sp³-hybridized carbons (Fsp3) is 0.467. The van der Waals surface area contributed by atoms with Crippen LogP contribution >= 0.6 is 0 Å². The second-order valence-electron chi connectivity index (χ2n) is 4.85. The minimum atomic E-state index is -0.0766. The number of amides is 2. The molecule has 1 aromatic rings. The van der Waals surface area contributed by atoms with Crippen molar-refractivity contribution in [1.29, 1.82) is 0 Å². The summed E-state index contributed by atoms with van der Waals surface area (Å²) in [5.41, 5.74) is 7.56. The van der Waals surface area contributed by atoms with Gasteiger partial charge in [-0.2, -0.15) is 0 Å². The average molecular weight is 277 g/mol. The van der Waals surface area contributed by atoms with Gasteiger partial charge in [-0.3, -0.25) is 9.59 Å². The molecule has 0 bridgehead atoms. The van der Waals surface area contributed by atoms with Gasteiger partial charge in [-0.05, 0) is 18.1 Å². The van der Waals surface area contributed by atoms with Crippen LogP contribution in [0.4, 0.5) is 0 Å². The normalized spacial score (nSPS) is 10.2. The lowest BCUT2D eigenvalue weighted by molar-refractivity contribution is -0.138. The molecule has 1 aromatic carbocycles. The average Bonchev–Trinajstić information content (AvgIpc) is 2.44. The van der Waals surface area contributed by atoms with E-state index in [1.54, 1.807) is 19.0 Å². The molecule has 2 N–H and O–H groups in total. The SMILES string of the molecule is CCN(CC(=O)N(C)C)C(=O)Cc1ccccc1CN. The number of benzene rings is 1. The number of hydrogen-bond acceptors (Lipinski definition) is 3. The van der Waals surface area contributed by atoms with Gasteiger partial charge in [0, 0.05) is 27.2 Å². The standard InChI is InChI=1S/C15H23N3O2/c1-4-18(11-15(20)17(2)3)14(19)9-12-7-5-6-8-13(12)10-16/h5-8H,4,9-11,16H2,1-3H3. The summed E-state index contributed by atoms with van der Waals surface area (Å²) in [5, 5.41) is 0. The van der Waals surface area contributed by atoms with Crippen LogP contribution < -0.4 is 5.73 Å². The number of nitrogens with two attached hydrogens (primary N) is 1. The zero-order valence-electron chi connectivity index (χ0n) is 12.4. The van der Waals surface area contributed by atoms with Gasteiger partial charge in [-0.25, -0.2) is 0 Å². The maximum atomic E-state index is 12.3. The molecule has 1 rings (SSSR count). The van der Waals surface area contributed by atoms with Crippen LogP contribution in [0.3, 0.4) is 0 Å². The Hall–Kier alpha value is -1.88. The van der Waals surface area contributed by atoms with Gasteiger partial charge in [-0.15, -0.1) is 0 Å². The Labute approximate surface area is 120 Å². The second kappa shape index (κ2) is 7.65. The van der Waals surface area contributed by atoms with E-state index >= 15 is 0 Å². The topological polar surface area (TPSA) is 66.6 Å². The van der Waals surface area contributed by atoms with Crippen LogP contribution in [0.2, 0.25) is 0 Å². The first kappa shape index (κ1) is 16.2. The van der Waals surface area contributed by atoms with E-state index in [2.05, 4.69) is 0 Å². The first-order chi connectivity index (χ1) is 9.49. The predicted molar refractivity (Wildman–Crippen MR) is 79.0 cm³/mol. The maximum absolute atomic E-state index is 12.3. The molecule has 0 saturated heterocycles. The van der Waals surface area contributed by atoms with E-state index in [1.165, 1.54) is 4.90 Å². The van der Waals surface area contributed by atoms with Crippen LogP contribution in [0.25, 0.3) is 0 Å². The van der Waals surface area contributed by atoms with Crippen LogP contribution in [0.5, 0.6) is 0 Å². The Balaban J connectivity index is 2.75. The smallest absolute Gasteiger partial charge is 0.241 e. The molecule has 0 fully saturated rings. The van der Waals surface area contributed by atoms with Crippen molar-refractivity contribution in [1.82, 2.24) is 9.80 Å². The van der Waals surface area contributed by atoms with Crippen molar-refractivity contribution in [2.75, 3.05) is 27.2 Å². The lowest BCUT2D eigenvalue weighted by atomic mass is 10.0. The highest BCUT2D eigenvalue weighted by molar-refractivity contribution is 5.85. The van der Waals surface area contributed by atoms with Crippen molar-refractivity contribution < 1.29 is 9.59 Å². The van der Waals surface area contributed by atoms with Crippen LogP contribution in [0.15, 0.2) is 24.3 Å². The summed E-state index contributed by atoms with van der Waals surface area (Å²) < 4.78 is 0. The van der Waals surface area contributed by atoms with E-state index in [-0.39, 0.29) is 24.8 Å². The molecule has 5 heteroatoms. The molecule has 0 aromatic heterocycles. The van der Waals surface area contributed by atoms with Gasteiger partial charge < -0.3 is 15.5 Å². The Morgan fingerprint density at radius 2 is 1.70 bits per heavy atom. The van der Waals surface area contributed by atoms with E-state index in [0.29, 0.717) is 13.1 Å². The van der Waals surface area contributed by atoms with E-state index < -0.39 is 0 Å². The highest BCUT2D eigenvalue weighted by Crippen LogP contribution is 2.10. The van der Waals surface area contributed by atoms with Gasteiger partial charge >= 0.3 is 0 Å². The number of carbonyl (C=O) groups is 2. The van der Waals surface area contributed by atoms with Crippen molar-refractivity contribution in [3.8, 4) is 0 Å². The number of hydrogen-bond donors (Lipinski definition) is 1. The van der Waals surface area contributed by atoms with Gasteiger partial charge in [0.25, 0.3) is 0 Å². The van der Waals surface area contributed by atoms with Gasteiger partial charge in [0.1, 0.15) is 0 Å². The minimum absolute atomic E-state index is 0.0522. The number of carbonyl (C=O) groups excluding carboxylic acids is 2. The first-order valence-corrected chi connectivity index (χ1v) is 6.74. The maximum Gasteiger partial charge on any atom is 0.241 e. The van der Waals surface area contributed by atoms with Crippen LogP contribution in [0, 0.1) is 0 Å². The van der Waals surface area contributed by atoms with Gasteiger partial charge in [0.05, 0.1) is 13.0 Å². The molecule has 110 valence electrons. The fourth-order valence-electron chi connectivity index (χ4n) is 1.88. The Kier molecular flexibility index (Phi) is 6.18. The highest BCUT2D eigenvalue weighted by atomic mass is 16.2. The number of nitrogens with zero attached hydrogens (tertiary/aromatic N) is 2. The third-order valence-corrected chi connectivity index (χ3v) is 3.24. The van der Waals surface area contributed by atoms with E-state index in [4.69, 9.17) is 5.73 Å². The molecular formula is C15H23N3O2. The van der Waals surface area contributed by atoms with E-state index in [1.807, 2.05) is 31.2 Å². The molecule has 0 atom stereocenters. The molecule has 0 saturated carbocycles. The molecule has 20 heavy (non-hydrogen) atoms. The Morgan fingerprint density at radius 3 is 2.20 bits per heavy atom. The number of rotatable bonds is 6. The van der Waals surface area contributed by atoms with Crippen molar-refractivity contribution >= 4 is 11.8 Å². The summed E-state index contributed by atoms with van der Waals surface area (Å²) in [4.78, 5) is 27.0. The fourth-order valence-corrected chi connectivity index (χ4v) is 1.88. The van der Waals surface area contributed by atoms with Crippen molar-refractivity contribution in [2.45, 2.75) is 19.9 Å². The van der Waals surface area contributed by atoms with E-state index in [0.717, 1.165) is 11.1 Å². The Bertz CT molecular complexity index is 472. The highest BCUT2D eigenvalue weighted by Gasteiger charge is 2.17. The Morgan fingerprint density at radius 1 is 1.10 bits per heavy atom. The monoisotopic (exact) mass is 277 g/mol. The molecule has 0 aliphatic carbocycles. The lowest BCUT2D eigenvalue weighted by Gasteiger charge is -2.22. The van der Waals surface area contributed by atoms with Gasteiger partial charge in [-0.1, -0.05) is 24.3 Å². The molecule has 0 unspecified atom stereocenters.